The van der Waals surface area contributed by atoms with Gasteiger partial charge in [0, 0.05) is 27.9 Å². The third-order valence-electron chi connectivity index (χ3n) is 5.65. The summed E-state index contributed by atoms with van der Waals surface area (Å²) in [6.07, 6.45) is 0. The number of rotatable bonds is 6. The molecule has 0 unspecified atom stereocenters. The maximum Gasteiger partial charge on any atom is 0.131 e. The smallest absolute Gasteiger partial charge is 0.131 e. The van der Waals surface area contributed by atoms with Gasteiger partial charge in [-0.25, -0.2) is 0 Å². The average molecular weight is 425 g/mol. The van der Waals surface area contributed by atoms with Crippen LogP contribution in [0.5, 0.6) is 23.0 Å². The number of ether oxygens (including phenoxy) is 2. The van der Waals surface area contributed by atoms with Crippen molar-refractivity contribution < 1.29 is 9.47 Å². The van der Waals surface area contributed by atoms with Crippen LogP contribution in [0.4, 0.5) is 11.4 Å². The second kappa shape index (κ2) is 8.67. The molecule has 4 aromatic rings. The summed E-state index contributed by atoms with van der Waals surface area (Å²) in [5, 5.41) is 0. The molecule has 0 saturated heterocycles. The van der Waals surface area contributed by atoms with E-state index < -0.39 is 0 Å². The topological polar surface area (TPSA) is 70.5 Å². The number of hydrogen-bond donors (Lipinski definition) is 2. The van der Waals surface area contributed by atoms with Crippen molar-refractivity contribution in [3.8, 4) is 23.0 Å². The van der Waals surface area contributed by atoms with Crippen molar-refractivity contribution in [2.45, 2.75) is 26.2 Å². The van der Waals surface area contributed by atoms with Crippen LogP contribution in [0.25, 0.3) is 0 Å². The van der Waals surface area contributed by atoms with E-state index in [0.29, 0.717) is 5.69 Å². The standard InChI is InChI=1S/C28H28N2O2/c1-19-18-21(30)14-17-25(19)32-27-11-7-5-9-24(27)28(2,3)23-8-4-6-10-26(23)31-22-15-12-20(29)13-16-22/h4-18H,29-30H2,1-3H3. The fourth-order valence-corrected chi connectivity index (χ4v) is 3.86. The summed E-state index contributed by atoms with van der Waals surface area (Å²) in [4.78, 5) is 0. The van der Waals surface area contributed by atoms with Crippen molar-refractivity contribution in [3.05, 3.63) is 108 Å². The van der Waals surface area contributed by atoms with Gasteiger partial charge in [-0.15, -0.1) is 0 Å². The summed E-state index contributed by atoms with van der Waals surface area (Å²) in [7, 11) is 0. The largest absolute Gasteiger partial charge is 0.457 e. The van der Waals surface area contributed by atoms with E-state index in [1.54, 1.807) is 0 Å². The Bertz CT molecular complexity index is 1230. The lowest BCUT2D eigenvalue weighted by Gasteiger charge is -2.30. The highest BCUT2D eigenvalue weighted by molar-refractivity contribution is 5.54. The van der Waals surface area contributed by atoms with Gasteiger partial charge in [0.05, 0.1) is 0 Å². The normalized spacial score (nSPS) is 11.2. The molecule has 4 nitrogen and oxygen atoms in total. The van der Waals surface area contributed by atoms with Crippen LogP contribution in [0, 0.1) is 6.92 Å². The Morgan fingerprint density at radius 2 is 1.12 bits per heavy atom. The Hall–Kier alpha value is -3.92. The molecule has 162 valence electrons. The van der Waals surface area contributed by atoms with Crippen LogP contribution >= 0.6 is 0 Å². The van der Waals surface area contributed by atoms with Gasteiger partial charge in [0.2, 0.25) is 0 Å². The van der Waals surface area contributed by atoms with E-state index in [4.69, 9.17) is 20.9 Å². The minimum Gasteiger partial charge on any atom is -0.457 e. The number of aryl methyl sites for hydroxylation is 1. The van der Waals surface area contributed by atoms with Gasteiger partial charge in [-0.05, 0) is 67.1 Å². The molecular formula is C28H28N2O2. The number of nitrogens with two attached hydrogens (primary N) is 2. The zero-order valence-corrected chi connectivity index (χ0v) is 18.6. The maximum atomic E-state index is 6.36. The van der Waals surface area contributed by atoms with Gasteiger partial charge in [-0.2, -0.15) is 0 Å². The van der Waals surface area contributed by atoms with Crippen molar-refractivity contribution in [2.24, 2.45) is 0 Å². The molecule has 0 radical (unpaired) electrons. The molecule has 0 aliphatic heterocycles. The highest BCUT2D eigenvalue weighted by Crippen LogP contribution is 2.43. The van der Waals surface area contributed by atoms with Crippen LogP contribution in [0.15, 0.2) is 91.0 Å². The van der Waals surface area contributed by atoms with E-state index in [-0.39, 0.29) is 5.41 Å². The zero-order valence-electron chi connectivity index (χ0n) is 18.6. The summed E-state index contributed by atoms with van der Waals surface area (Å²) in [6.45, 7) is 6.35. The van der Waals surface area contributed by atoms with Crippen molar-refractivity contribution in [1.82, 2.24) is 0 Å². The first kappa shape index (κ1) is 21.3. The SMILES string of the molecule is Cc1cc(N)ccc1Oc1ccccc1C(C)(C)c1ccccc1Oc1ccc(N)cc1. The van der Waals surface area contributed by atoms with Crippen LogP contribution in [0.2, 0.25) is 0 Å². The highest BCUT2D eigenvalue weighted by atomic mass is 16.5. The molecule has 0 amide bonds. The van der Waals surface area contributed by atoms with Gasteiger partial charge in [-0.1, -0.05) is 50.2 Å². The molecule has 0 spiro atoms. The lowest BCUT2D eigenvalue weighted by atomic mass is 9.77. The minimum absolute atomic E-state index is 0.386. The van der Waals surface area contributed by atoms with Crippen molar-refractivity contribution in [2.75, 3.05) is 11.5 Å². The van der Waals surface area contributed by atoms with Gasteiger partial charge in [0.25, 0.3) is 0 Å². The summed E-state index contributed by atoms with van der Waals surface area (Å²) in [5.74, 6) is 3.12. The van der Waals surface area contributed by atoms with Crippen molar-refractivity contribution in [3.63, 3.8) is 0 Å². The van der Waals surface area contributed by atoms with Crippen LogP contribution in [-0.2, 0) is 5.41 Å². The Labute approximate surface area is 189 Å². The third kappa shape index (κ3) is 4.40. The molecule has 4 rings (SSSR count). The fourth-order valence-electron chi connectivity index (χ4n) is 3.86. The molecule has 0 aliphatic carbocycles. The molecule has 4 heteroatoms. The van der Waals surface area contributed by atoms with E-state index in [2.05, 4.69) is 26.0 Å². The molecule has 0 bridgehead atoms. The summed E-state index contributed by atoms with van der Waals surface area (Å²) >= 11 is 0. The maximum absolute atomic E-state index is 6.36. The summed E-state index contributed by atoms with van der Waals surface area (Å²) in [6, 6.07) is 29.3. The number of benzene rings is 4. The van der Waals surface area contributed by atoms with Crippen LogP contribution in [-0.4, -0.2) is 0 Å². The van der Waals surface area contributed by atoms with Gasteiger partial charge < -0.3 is 20.9 Å². The van der Waals surface area contributed by atoms with E-state index in [0.717, 1.165) is 45.4 Å². The minimum atomic E-state index is -0.386. The van der Waals surface area contributed by atoms with Crippen molar-refractivity contribution in [1.29, 1.82) is 0 Å². The predicted octanol–water partition coefficient (Wildman–Crippen LogP) is 7.07. The fraction of sp³-hybridized carbons (Fsp3) is 0.143. The summed E-state index contributed by atoms with van der Waals surface area (Å²) < 4.78 is 12.6. The molecule has 4 aromatic carbocycles. The summed E-state index contributed by atoms with van der Waals surface area (Å²) in [5.41, 5.74) is 15.9. The highest BCUT2D eigenvalue weighted by Gasteiger charge is 2.30. The first-order valence-electron chi connectivity index (χ1n) is 10.6. The lowest BCUT2D eigenvalue weighted by Crippen LogP contribution is -2.20. The quantitative estimate of drug-likeness (QED) is 0.325. The first-order valence-corrected chi connectivity index (χ1v) is 10.6. The first-order chi connectivity index (χ1) is 15.3. The zero-order chi connectivity index (χ0) is 22.7. The molecule has 0 heterocycles. The van der Waals surface area contributed by atoms with E-state index in [1.807, 2.05) is 85.8 Å². The molecule has 0 fully saturated rings. The second-order valence-electron chi connectivity index (χ2n) is 8.42. The molecule has 32 heavy (non-hydrogen) atoms. The van der Waals surface area contributed by atoms with E-state index in [1.165, 1.54) is 0 Å². The van der Waals surface area contributed by atoms with Crippen molar-refractivity contribution >= 4 is 11.4 Å². The van der Waals surface area contributed by atoms with Gasteiger partial charge in [0.1, 0.15) is 23.0 Å². The molecule has 0 atom stereocenters. The molecular weight excluding hydrogens is 396 g/mol. The van der Waals surface area contributed by atoms with Gasteiger partial charge in [-0.3, -0.25) is 0 Å². The monoisotopic (exact) mass is 424 g/mol. The number of hydrogen-bond acceptors (Lipinski definition) is 4. The number of para-hydroxylation sites is 2. The Morgan fingerprint density at radius 1 is 0.594 bits per heavy atom. The molecule has 4 N–H and O–H groups in total. The van der Waals surface area contributed by atoms with Crippen LogP contribution in [0.1, 0.15) is 30.5 Å². The van der Waals surface area contributed by atoms with Crippen LogP contribution < -0.4 is 20.9 Å². The average Bonchev–Trinajstić information content (AvgIpc) is 2.78. The predicted molar refractivity (Wildman–Crippen MR) is 132 cm³/mol. The van der Waals surface area contributed by atoms with Gasteiger partial charge >= 0.3 is 0 Å². The third-order valence-corrected chi connectivity index (χ3v) is 5.65. The van der Waals surface area contributed by atoms with E-state index in [9.17, 15) is 0 Å². The molecule has 0 aromatic heterocycles. The number of nitrogen functional groups attached to an aromatic ring is 2. The Kier molecular flexibility index (Phi) is 5.78. The van der Waals surface area contributed by atoms with Gasteiger partial charge in [0.15, 0.2) is 0 Å². The second-order valence-corrected chi connectivity index (χ2v) is 8.42. The Balaban J connectivity index is 1.72. The number of anilines is 2. The lowest BCUT2D eigenvalue weighted by molar-refractivity contribution is 0.443. The molecule has 0 aliphatic rings. The van der Waals surface area contributed by atoms with E-state index >= 15 is 0 Å². The van der Waals surface area contributed by atoms with Crippen LogP contribution in [0.3, 0.4) is 0 Å². The molecule has 0 saturated carbocycles. The Morgan fingerprint density at radius 3 is 1.72 bits per heavy atom.